The third kappa shape index (κ3) is 70.4. The summed E-state index contributed by atoms with van der Waals surface area (Å²) >= 11 is 0. The average Bonchev–Trinajstić information content (AvgIpc) is 1.59. The van der Waals surface area contributed by atoms with Gasteiger partial charge in [-0.2, -0.15) is 12.5 Å². The second-order valence-corrected chi connectivity index (χ2v) is 3.28. The number of nitrogens with zero attached hydrogens (tertiary/aromatic N) is 1. The SMILES string of the molecule is CC[N+](C)(C)O.O=P([O-])([O-])[O-].[H+].[H+]. The van der Waals surface area contributed by atoms with Gasteiger partial charge in [0.1, 0.15) is 6.54 Å². The average molecular weight is 187 g/mol. The van der Waals surface area contributed by atoms with Crippen molar-refractivity contribution >= 4 is 7.82 Å². The molecule has 0 aliphatic carbocycles. The highest BCUT2D eigenvalue weighted by molar-refractivity contribution is 7.40. The van der Waals surface area contributed by atoms with E-state index < -0.39 is 7.82 Å². The van der Waals surface area contributed by atoms with Crippen LogP contribution in [0.5, 0.6) is 0 Å². The minimum Gasteiger partial charge on any atom is -0.822 e. The van der Waals surface area contributed by atoms with Crippen molar-refractivity contribution in [3.63, 3.8) is 0 Å². The van der Waals surface area contributed by atoms with Crippen molar-refractivity contribution in [1.29, 1.82) is 0 Å². The molecule has 0 amide bonds. The van der Waals surface area contributed by atoms with Crippen LogP contribution in [0.4, 0.5) is 0 Å². The third-order valence-electron chi connectivity index (χ3n) is 0.774. The summed E-state index contributed by atoms with van der Waals surface area (Å²) in [6.07, 6.45) is 0. The molecule has 0 aromatic rings. The molecule has 7 heteroatoms. The summed E-state index contributed by atoms with van der Waals surface area (Å²) in [6.45, 7) is 2.69. The van der Waals surface area contributed by atoms with E-state index in [1.807, 2.05) is 6.92 Å². The fourth-order valence-electron chi connectivity index (χ4n) is 0. The maximum atomic E-state index is 8.76. The third-order valence-corrected chi connectivity index (χ3v) is 0.774. The van der Waals surface area contributed by atoms with Crippen LogP contribution in [0.2, 0.25) is 0 Å². The predicted octanol–water partition coefficient (Wildman–Crippen LogP) is -2.13. The fourth-order valence-corrected chi connectivity index (χ4v) is 0. The predicted molar refractivity (Wildman–Crippen MR) is 34.3 cm³/mol. The molecule has 0 rings (SSSR count). The Balaban J connectivity index is -0.0000000546. The van der Waals surface area contributed by atoms with E-state index in [4.69, 9.17) is 24.5 Å². The Hall–Kier alpha value is 0.0300. The Bertz CT molecular complexity index is 136. The van der Waals surface area contributed by atoms with E-state index >= 15 is 0 Å². The molecule has 0 fully saturated rings. The van der Waals surface area contributed by atoms with Crippen molar-refractivity contribution in [2.75, 3.05) is 20.6 Å². The summed E-state index contributed by atoms with van der Waals surface area (Å²) < 4.78 is 8.62. The molecule has 11 heavy (non-hydrogen) atoms. The second kappa shape index (κ2) is 4.82. The molecule has 0 saturated carbocycles. The van der Waals surface area contributed by atoms with Gasteiger partial charge in [-0.15, -0.1) is 0 Å². The van der Waals surface area contributed by atoms with Crippen molar-refractivity contribution in [3.8, 4) is 0 Å². The first-order chi connectivity index (χ1) is 4.56. The minimum atomic E-state index is -5.39. The Morgan fingerprint density at radius 2 is 1.55 bits per heavy atom. The Labute approximate surface area is 68.5 Å². The zero-order valence-corrected chi connectivity index (χ0v) is 7.58. The van der Waals surface area contributed by atoms with E-state index in [9.17, 15) is 0 Å². The van der Waals surface area contributed by atoms with Crippen molar-refractivity contribution in [3.05, 3.63) is 0 Å². The van der Waals surface area contributed by atoms with E-state index in [1.54, 1.807) is 14.1 Å². The van der Waals surface area contributed by atoms with Crippen LogP contribution in [0.1, 0.15) is 9.78 Å². The van der Waals surface area contributed by atoms with Crippen LogP contribution in [0.25, 0.3) is 0 Å². The van der Waals surface area contributed by atoms with Crippen LogP contribution in [-0.4, -0.2) is 30.5 Å². The highest BCUT2D eigenvalue weighted by Gasteiger charge is 2.02. The first kappa shape index (κ1) is 13.6. The Morgan fingerprint density at radius 3 is 1.55 bits per heavy atom. The molecule has 70 valence electrons. The van der Waals surface area contributed by atoms with Gasteiger partial charge in [0.25, 0.3) is 0 Å². The number of phosphoric acid groups is 1. The number of hydrogen-bond acceptors (Lipinski definition) is 5. The van der Waals surface area contributed by atoms with Gasteiger partial charge in [-0.25, -0.2) is 5.21 Å². The smallest absolute Gasteiger partial charge is 0.822 e. The maximum Gasteiger partial charge on any atom is 1.00 e. The van der Waals surface area contributed by atoms with Crippen molar-refractivity contribution in [2.24, 2.45) is 0 Å². The lowest BCUT2D eigenvalue weighted by Crippen LogP contribution is -2.34. The summed E-state index contributed by atoms with van der Waals surface area (Å²) in [6, 6.07) is 0. The molecule has 1 N–H and O–H groups in total. The number of rotatable bonds is 1. The normalized spacial score (nSPS) is 11.9. The molecule has 0 aliphatic heterocycles. The van der Waals surface area contributed by atoms with Crippen LogP contribution in [0.15, 0.2) is 0 Å². The van der Waals surface area contributed by atoms with Crippen LogP contribution >= 0.6 is 7.82 Å². The molecule has 0 aromatic heterocycles. The summed E-state index contributed by atoms with van der Waals surface area (Å²) in [4.78, 5) is 25.6. The summed E-state index contributed by atoms with van der Waals surface area (Å²) in [5.74, 6) is 0. The van der Waals surface area contributed by atoms with Crippen molar-refractivity contribution < 1.29 is 32.0 Å². The van der Waals surface area contributed by atoms with Gasteiger partial charge in [0.05, 0.1) is 14.1 Å². The van der Waals surface area contributed by atoms with Crippen LogP contribution in [-0.2, 0) is 4.57 Å². The Kier molecular flexibility index (Phi) is 5.96. The topological polar surface area (TPSA) is 106 Å². The molecule has 6 nitrogen and oxygen atoms in total. The van der Waals surface area contributed by atoms with E-state index in [0.717, 1.165) is 6.54 Å². The first-order valence-corrected chi connectivity index (χ1v) is 4.31. The van der Waals surface area contributed by atoms with E-state index in [0.29, 0.717) is 0 Å². The maximum absolute atomic E-state index is 8.76. The molecular formula is C4H14NO5P. The molecule has 0 atom stereocenters. The molecule has 0 heterocycles. The van der Waals surface area contributed by atoms with E-state index in [1.165, 1.54) is 0 Å². The lowest BCUT2D eigenvalue weighted by molar-refractivity contribution is -1.07. The van der Waals surface area contributed by atoms with Gasteiger partial charge in [-0.3, -0.25) is 0 Å². The largest absolute Gasteiger partial charge is 1.00 e. The molecule has 0 aliphatic rings. The van der Waals surface area contributed by atoms with Gasteiger partial charge >= 0.3 is 2.85 Å². The van der Waals surface area contributed by atoms with Gasteiger partial charge in [0, 0.05) is 0 Å². The van der Waals surface area contributed by atoms with Gasteiger partial charge in [0.2, 0.25) is 0 Å². The zero-order valence-electron chi connectivity index (χ0n) is 8.68. The van der Waals surface area contributed by atoms with E-state index in [-0.39, 0.29) is 7.50 Å². The van der Waals surface area contributed by atoms with E-state index in [2.05, 4.69) is 0 Å². The molecule has 0 unspecified atom stereocenters. The number of hydroxylamine groups is 3. The molecule has 0 bridgehead atoms. The second-order valence-electron chi connectivity index (χ2n) is 2.38. The summed E-state index contributed by atoms with van der Waals surface area (Å²) in [5, 5.41) is 8.76. The molecule has 0 spiro atoms. The lowest BCUT2D eigenvalue weighted by Gasteiger charge is -2.36. The highest BCUT2D eigenvalue weighted by Crippen LogP contribution is 2.03. The van der Waals surface area contributed by atoms with Crippen LogP contribution < -0.4 is 14.7 Å². The van der Waals surface area contributed by atoms with Crippen LogP contribution in [0.3, 0.4) is 0 Å². The fraction of sp³-hybridized carbons (Fsp3) is 1.00. The van der Waals surface area contributed by atoms with Gasteiger partial charge in [-0.05, 0) is 6.92 Å². The lowest BCUT2D eigenvalue weighted by atomic mass is 10.7. The molecular weight excluding hydrogens is 173 g/mol. The first-order valence-electron chi connectivity index (χ1n) is 2.85. The number of hydrogen-bond donors (Lipinski definition) is 1. The van der Waals surface area contributed by atoms with Gasteiger partial charge < -0.3 is 19.2 Å². The van der Waals surface area contributed by atoms with Crippen LogP contribution in [0, 0.1) is 0 Å². The monoisotopic (exact) mass is 187 g/mol. The van der Waals surface area contributed by atoms with Gasteiger partial charge in [-0.1, -0.05) is 0 Å². The summed E-state index contributed by atoms with van der Waals surface area (Å²) in [7, 11) is -1.92. The van der Waals surface area contributed by atoms with Gasteiger partial charge in [0.15, 0.2) is 0 Å². The molecule has 0 aromatic carbocycles. The quantitative estimate of drug-likeness (QED) is 0.286. The standard InChI is InChI=1S/C4H12NO.H3O4P/c1-4-5(2,3)6;1-5(2,3)4/h6H,4H2,1-3H3;(H3,1,2,3,4)/q+1;/p-1. The minimum absolute atomic E-state index is 0. The highest BCUT2D eigenvalue weighted by atomic mass is 31.2. The number of quaternary nitrogens is 1. The van der Waals surface area contributed by atoms with Crippen molar-refractivity contribution in [2.45, 2.75) is 6.92 Å². The molecule has 0 saturated heterocycles. The molecule has 0 radical (unpaired) electrons. The Morgan fingerprint density at radius 1 is 1.45 bits per heavy atom. The zero-order chi connectivity index (χ0) is 9.71. The van der Waals surface area contributed by atoms with Crippen molar-refractivity contribution in [1.82, 2.24) is 0 Å². The summed E-state index contributed by atoms with van der Waals surface area (Å²) in [5.41, 5.74) is 0.